The molecule has 0 amide bonds. The average molecular weight is 439 g/mol. The van der Waals surface area contributed by atoms with Gasteiger partial charge < -0.3 is 18.9 Å². The fourth-order valence-corrected chi connectivity index (χ4v) is 4.49. The number of fused-ring (bicyclic) bond motifs is 2. The van der Waals surface area contributed by atoms with Gasteiger partial charge in [-0.2, -0.15) is 0 Å². The first-order valence-electron chi connectivity index (χ1n) is 12.7. The predicted molar refractivity (Wildman–Crippen MR) is 124 cm³/mol. The van der Waals surface area contributed by atoms with Crippen molar-refractivity contribution in [3.8, 4) is 0 Å². The molecule has 3 atom stereocenters. The largest absolute Gasteiger partial charge is 0.465 e. The summed E-state index contributed by atoms with van der Waals surface area (Å²) in [6, 6.07) is 0. The molecule has 0 aromatic rings. The van der Waals surface area contributed by atoms with Gasteiger partial charge in [0.1, 0.15) is 5.60 Å². The van der Waals surface area contributed by atoms with Gasteiger partial charge in [0.15, 0.2) is 6.29 Å². The highest BCUT2D eigenvalue weighted by Gasteiger charge is 2.57. The van der Waals surface area contributed by atoms with Crippen LogP contribution in [0.4, 0.5) is 0 Å². The summed E-state index contributed by atoms with van der Waals surface area (Å²) in [5.74, 6) is 0.989. The predicted octanol–water partition coefficient (Wildman–Crippen LogP) is 5.91. The summed E-state index contributed by atoms with van der Waals surface area (Å²) in [4.78, 5) is 12.8. The zero-order valence-electron chi connectivity index (χ0n) is 20.7. The van der Waals surface area contributed by atoms with Crippen molar-refractivity contribution in [3.63, 3.8) is 0 Å². The lowest BCUT2D eigenvalue weighted by molar-refractivity contribution is -0.233. The molecule has 1 saturated heterocycles. The molecular weight excluding hydrogens is 392 g/mol. The van der Waals surface area contributed by atoms with Gasteiger partial charge in [-0.3, -0.25) is 4.79 Å². The summed E-state index contributed by atoms with van der Waals surface area (Å²) >= 11 is 0. The number of ether oxygens (including phenoxy) is 4. The van der Waals surface area contributed by atoms with Gasteiger partial charge in [0, 0.05) is 6.42 Å². The molecule has 1 fully saturated rings. The van der Waals surface area contributed by atoms with Crippen LogP contribution in [0.25, 0.3) is 0 Å². The molecule has 2 rings (SSSR count). The van der Waals surface area contributed by atoms with Crippen LogP contribution in [-0.4, -0.2) is 43.8 Å². The molecule has 180 valence electrons. The summed E-state index contributed by atoms with van der Waals surface area (Å²) in [6.45, 7) is 14.8. The molecule has 3 unspecified atom stereocenters. The molecule has 0 saturated carbocycles. The smallest absolute Gasteiger partial charge is 0.312 e. The van der Waals surface area contributed by atoms with Crippen molar-refractivity contribution in [2.75, 3.05) is 19.8 Å². The minimum Gasteiger partial charge on any atom is -0.465 e. The third-order valence-corrected chi connectivity index (χ3v) is 7.45. The summed E-state index contributed by atoms with van der Waals surface area (Å²) in [6.07, 6.45) is 10.2. The van der Waals surface area contributed by atoms with Crippen molar-refractivity contribution in [2.24, 2.45) is 23.7 Å². The van der Waals surface area contributed by atoms with E-state index in [0.29, 0.717) is 44.0 Å². The monoisotopic (exact) mass is 438 g/mol. The van der Waals surface area contributed by atoms with Crippen LogP contribution in [-0.2, 0) is 23.7 Å². The third kappa shape index (κ3) is 6.79. The number of carbonyl (C=O) groups excluding carboxylic acids is 1. The second-order valence-corrected chi connectivity index (χ2v) is 9.38. The lowest BCUT2D eigenvalue weighted by atomic mass is 9.85. The van der Waals surface area contributed by atoms with Gasteiger partial charge in [0.25, 0.3) is 0 Å². The Balaban J connectivity index is 2.06. The maximum absolute atomic E-state index is 12.8. The molecule has 0 aromatic carbocycles. The van der Waals surface area contributed by atoms with Gasteiger partial charge in [-0.25, -0.2) is 0 Å². The van der Waals surface area contributed by atoms with Gasteiger partial charge in [-0.1, -0.05) is 86.1 Å². The molecule has 0 aliphatic carbocycles. The van der Waals surface area contributed by atoms with E-state index in [-0.39, 0.29) is 18.0 Å². The minimum absolute atomic E-state index is 0.151. The summed E-state index contributed by atoms with van der Waals surface area (Å²) in [7, 11) is 0. The van der Waals surface area contributed by atoms with Crippen molar-refractivity contribution in [3.05, 3.63) is 12.2 Å². The normalized spacial score (nSPS) is 25.0. The topological polar surface area (TPSA) is 54.0 Å². The van der Waals surface area contributed by atoms with Crippen molar-refractivity contribution >= 4 is 5.97 Å². The van der Waals surface area contributed by atoms with Crippen LogP contribution in [0.5, 0.6) is 0 Å². The lowest BCUT2D eigenvalue weighted by Crippen LogP contribution is -2.45. The van der Waals surface area contributed by atoms with Crippen LogP contribution in [0.2, 0.25) is 0 Å². The highest BCUT2D eigenvalue weighted by Crippen LogP contribution is 2.46. The van der Waals surface area contributed by atoms with Crippen LogP contribution in [0.1, 0.15) is 86.5 Å². The van der Waals surface area contributed by atoms with Crippen molar-refractivity contribution < 1.29 is 23.7 Å². The van der Waals surface area contributed by atoms with E-state index < -0.39 is 11.9 Å². The van der Waals surface area contributed by atoms with Crippen LogP contribution >= 0.6 is 0 Å². The first-order chi connectivity index (χ1) is 15.0. The van der Waals surface area contributed by atoms with Gasteiger partial charge in [-0.15, -0.1) is 0 Å². The van der Waals surface area contributed by atoms with E-state index in [2.05, 4.69) is 47.6 Å². The standard InChI is InChI=1S/C26H46O5/c1-7-19(8-2)16-28-24(27)22-15-26(14-13-23(22)31-26)25(29-17-20(9-3)10-4)30-18-21(11-5)12-6/h13-14,19-23,25H,7-12,15-18H2,1-6H3. The Kier molecular flexibility index (Phi) is 11.0. The summed E-state index contributed by atoms with van der Waals surface area (Å²) in [5, 5.41) is 0. The van der Waals surface area contributed by atoms with Crippen LogP contribution in [0, 0.1) is 23.7 Å². The fraction of sp³-hybridized carbons (Fsp3) is 0.885. The quantitative estimate of drug-likeness (QED) is 0.170. The summed E-state index contributed by atoms with van der Waals surface area (Å²) in [5.41, 5.74) is -0.693. The lowest BCUT2D eigenvalue weighted by Gasteiger charge is -2.34. The van der Waals surface area contributed by atoms with Gasteiger partial charge in [-0.05, 0) is 23.8 Å². The maximum Gasteiger partial charge on any atom is 0.312 e. The Morgan fingerprint density at radius 1 is 0.871 bits per heavy atom. The summed E-state index contributed by atoms with van der Waals surface area (Å²) < 4.78 is 24.7. The Hall–Kier alpha value is -0.910. The van der Waals surface area contributed by atoms with E-state index in [1.807, 2.05) is 6.08 Å². The molecule has 2 aliphatic heterocycles. The highest BCUT2D eigenvalue weighted by atomic mass is 16.7. The maximum atomic E-state index is 12.8. The van der Waals surface area contributed by atoms with Crippen LogP contribution in [0.15, 0.2) is 12.2 Å². The van der Waals surface area contributed by atoms with E-state index in [9.17, 15) is 4.79 Å². The molecule has 2 bridgehead atoms. The Labute approximate surface area is 190 Å². The molecule has 31 heavy (non-hydrogen) atoms. The molecule has 0 radical (unpaired) electrons. The second-order valence-electron chi connectivity index (χ2n) is 9.38. The number of hydrogen-bond donors (Lipinski definition) is 0. The molecule has 0 N–H and O–H groups in total. The van der Waals surface area contributed by atoms with Crippen molar-refractivity contribution in [2.45, 2.75) is 104 Å². The van der Waals surface area contributed by atoms with Gasteiger partial charge in [0.2, 0.25) is 0 Å². The van der Waals surface area contributed by atoms with Crippen molar-refractivity contribution in [1.82, 2.24) is 0 Å². The highest BCUT2D eigenvalue weighted by molar-refractivity contribution is 5.74. The molecular formula is C26H46O5. The van der Waals surface area contributed by atoms with E-state index in [4.69, 9.17) is 18.9 Å². The molecule has 5 nitrogen and oxygen atoms in total. The number of esters is 1. The zero-order valence-corrected chi connectivity index (χ0v) is 20.7. The number of carbonyl (C=O) groups is 1. The van der Waals surface area contributed by atoms with E-state index in [1.54, 1.807) is 0 Å². The Bertz CT molecular complexity index is 534. The average Bonchev–Trinajstić information content (AvgIpc) is 3.39. The Morgan fingerprint density at radius 3 is 1.84 bits per heavy atom. The second kappa shape index (κ2) is 13.0. The number of rotatable bonds is 16. The van der Waals surface area contributed by atoms with E-state index in [1.165, 1.54) is 0 Å². The first-order valence-corrected chi connectivity index (χ1v) is 12.7. The van der Waals surface area contributed by atoms with Crippen LogP contribution < -0.4 is 0 Å². The Morgan fingerprint density at radius 2 is 1.35 bits per heavy atom. The fourth-order valence-electron chi connectivity index (χ4n) is 4.49. The third-order valence-electron chi connectivity index (χ3n) is 7.45. The zero-order chi connectivity index (χ0) is 22.9. The van der Waals surface area contributed by atoms with E-state index in [0.717, 1.165) is 38.5 Å². The van der Waals surface area contributed by atoms with Gasteiger partial charge in [0.05, 0.1) is 31.8 Å². The molecule has 2 heterocycles. The molecule has 2 aliphatic rings. The molecule has 0 spiro atoms. The number of hydrogen-bond acceptors (Lipinski definition) is 5. The first kappa shape index (κ1) is 26.3. The van der Waals surface area contributed by atoms with E-state index >= 15 is 0 Å². The molecule has 5 heteroatoms. The minimum atomic E-state index is -0.693. The molecule has 0 aromatic heterocycles. The van der Waals surface area contributed by atoms with Crippen LogP contribution in [0.3, 0.4) is 0 Å². The van der Waals surface area contributed by atoms with Crippen molar-refractivity contribution in [1.29, 1.82) is 0 Å². The SMILES string of the molecule is CCC(CC)COC(=O)C1CC2(C(OCC(CC)CC)OCC(CC)CC)C=CC1O2. The van der Waals surface area contributed by atoms with Gasteiger partial charge >= 0.3 is 5.97 Å².